The van der Waals surface area contributed by atoms with Gasteiger partial charge in [-0.05, 0) is 48.5 Å². The van der Waals surface area contributed by atoms with Crippen LogP contribution in [0.2, 0.25) is 5.02 Å². The minimum atomic E-state index is -0.641. The molecule has 7 nitrogen and oxygen atoms in total. The first kappa shape index (κ1) is 19.5. The highest BCUT2D eigenvalue weighted by Gasteiger charge is 2.11. The lowest BCUT2D eigenvalue weighted by molar-refractivity contribution is -0.116. The number of amides is 1. The number of para-hydroxylation sites is 2. The second kappa shape index (κ2) is 8.26. The molecule has 0 aliphatic carbocycles. The number of nitrogens with one attached hydrogen (secondary N) is 2. The van der Waals surface area contributed by atoms with E-state index in [1.54, 1.807) is 60.7 Å². The van der Waals surface area contributed by atoms with Crippen LogP contribution in [-0.2, 0) is 11.3 Å². The van der Waals surface area contributed by atoms with E-state index in [-0.39, 0.29) is 6.54 Å². The van der Waals surface area contributed by atoms with E-state index in [0.717, 1.165) is 0 Å². The Labute approximate surface area is 175 Å². The van der Waals surface area contributed by atoms with E-state index in [2.05, 4.69) is 10.3 Å². The molecule has 3 aromatic carbocycles. The van der Waals surface area contributed by atoms with Gasteiger partial charge in [-0.25, -0.2) is 4.79 Å². The molecule has 0 bridgehead atoms. The van der Waals surface area contributed by atoms with Crippen molar-refractivity contribution in [3.63, 3.8) is 0 Å². The molecule has 1 heterocycles. The summed E-state index contributed by atoms with van der Waals surface area (Å²) in [7, 11) is 0. The summed E-state index contributed by atoms with van der Waals surface area (Å²) in [5.74, 6) is 0.679. The molecule has 1 amide bonds. The maximum Gasteiger partial charge on any atom is 0.329 e. The van der Waals surface area contributed by atoms with Crippen LogP contribution in [0.15, 0.2) is 82.4 Å². The van der Waals surface area contributed by atoms with Gasteiger partial charge in [0.25, 0.3) is 5.56 Å². The minimum Gasteiger partial charge on any atom is -0.456 e. The van der Waals surface area contributed by atoms with Crippen molar-refractivity contribution in [2.24, 2.45) is 0 Å². The standard InChI is InChI=1S/C22H16ClN3O4/c23-17-6-2-4-8-19(17)30-15-11-9-14(10-12-15)24-20(27)13-26-18-7-3-1-5-16(18)21(28)25-22(26)29/h1-12H,13H2,(H,24,27)(H,25,28,29). The van der Waals surface area contributed by atoms with Crippen LogP contribution in [0.1, 0.15) is 0 Å². The number of H-pyrrole nitrogens is 1. The highest BCUT2D eigenvalue weighted by molar-refractivity contribution is 6.32. The first-order valence-electron chi connectivity index (χ1n) is 9.05. The molecule has 0 saturated heterocycles. The Bertz CT molecular complexity index is 1340. The molecule has 0 spiro atoms. The highest BCUT2D eigenvalue weighted by Crippen LogP contribution is 2.29. The fourth-order valence-corrected chi connectivity index (χ4v) is 3.18. The van der Waals surface area contributed by atoms with Gasteiger partial charge in [-0.2, -0.15) is 0 Å². The smallest absolute Gasteiger partial charge is 0.329 e. The summed E-state index contributed by atoms with van der Waals surface area (Å²) in [5, 5.41) is 3.56. The number of fused-ring (bicyclic) bond motifs is 1. The number of halogens is 1. The third-order valence-corrected chi connectivity index (χ3v) is 4.72. The molecule has 0 aliphatic rings. The van der Waals surface area contributed by atoms with E-state index in [4.69, 9.17) is 16.3 Å². The fraction of sp³-hybridized carbons (Fsp3) is 0.0455. The lowest BCUT2D eigenvalue weighted by Crippen LogP contribution is -2.33. The molecule has 0 fully saturated rings. The van der Waals surface area contributed by atoms with Crippen molar-refractivity contribution in [3.8, 4) is 11.5 Å². The molecule has 0 radical (unpaired) electrons. The molecule has 30 heavy (non-hydrogen) atoms. The SMILES string of the molecule is O=C(Cn1c(=O)[nH]c(=O)c2ccccc21)Nc1ccc(Oc2ccccc2Cl)cc1. The van der Waals surface area contributed by atoms with Crippen LogP contribution in [0.5, 0.6) is 11.5 Å². The number of aromatic nitrogens is 2. The van der Waals surface area contributed by atoms with Crippen molar-refractivity contribution in [3.05, 3.63) is 98.7 Å². The maximum atomic E-state index is 12.5. The predicted octanol–water partition coefficient (Wildman–Crippen LogP) is 3.77. The Morgan fingerprint density at radius 1 is 0.967 bits per heavy atom. The van der Waals surface area contributed by atoms with Crippen molar-refractivity contribution >= 4 is 34.1 Å². The van der Waals surface area contributed by atoms with Crippen LogP contribution in [0.3, 0.4) is 0 Å². The molecule has 0 aliphatic heterocycles. The van der Waals surface area contributed by atoms with Gasteiger partial charge in [0.2, 0.25) is 5.91 Å². The van der Waals surface area contributed by atoms with Gasteiger partial charge in [-0.3, -0.25) is 19.1 Å². The van der Waals surface area contributed by atoms with Gasteiger partial charge in [0, 0.05) is 5.69 Å². The van der Waals surface area contributed by atoms with Gasteiger partial charge in [0.05, 0.1) is 15.9 Å². The monoisotopic (exact) mass is 421 g/mol. The first-order valence-corrected chi connectivity index (χ1v) is 9.43. The summed E-state index contributed by atoms with van der Waals surface area (Å²) in [6.07, 6.45) is 0. The van der Waals surface area contributed by atoms with Crippen LogP contribution >= 0.6 is 11.6 Å². The summed E-state index contributed by atoms with van der Waals surface area (Å²) < 4.78 is 6.94. The number of ether oxygens (including phenoxy) is 1. The molecule has 150 valence electrons. The zero-order valence-electron chi connectivity index (χ0n) is 15.6. The highest BCUT2D eigenvalue weighted by atomic mass is 35.5. The number of rotatable bonds is 5. The molecule has 0 saturated carbocycles. The number of aromatic amines is 1. The Kier molecular flexibility index (Phi) is 5.36. The van der Waals surface area contributed by atoms with Crippen LogP contribution in [0, 0.1) is 0 Å². The van der Waals surface area contributed by atoms with Gasteiger partial charge >= 0.3 is 5.69 Å². The Hall–Kier alpha value is -3.84. The average molecular weight is 422 g/mol. The average Bonchev–Trinajstić information content (AvgIpc) is 2.74. The van der Waals surface area contributed by atoms with E-state index < -0.39 is 17.2 Å². The molecule has 0 unspecified atom stereocenters. The van der Waals surface area contributed by atoms with Gasteiger partial charge < -0.3 is 10.1 Å². The molecule has 4 aromatic rings. The second-order valence-corrected chi connectivity index (χ2v) is 6.87. The number of carbonyl (C=O) groups is 1. The number of benzene rings is 3. The normalized spacial score (nSPS) is 10.7. The summed E-state index contributed by atoms with van der Waals surface area (Å²) in [6.45, 7) is -0.242. The van der Waals surface area contributed by atoms with Crippen molar-refractivity contribution in [2.75, 3.05) is 5.32 Å². The lowest BCUT2D eigenvalue weighted by Gasteiger charge is -2.11. The Morgan fingerprint density at radius 3 is 2.43 bits per heavy atom. The number of nitrogens with zero attached hydrogens (tertiary/aromatic N) is 1. The van der Waals surface area contributed by atoms with Crippen molar-refractivity contribution in [1.29, 1.82) is 0 Å². The molecule has 8 heteroatoms. The van der Waals surface area contributed by atoms with Gasteiger partial charge in [0.15, 0.2) is 0 Å². The van der Waals surface area contributed by atoms with E-state index in [1.165, 1.54) is 4.57 Å². The van der Waals surface area contributed by atoms with Crippen LogP contribution in [0.4, 0.5) is 5.69 Å². The number of hydrogen-bond acceptors (Lipinski definition) is 4. The zero-order valence-corrected chi connectivity index (χ0v) is 16.3. The van der Waals surface area contributed by atoms with E-state index in [0.29, 0.717) is 33.1 Å². The molecule has 4 rings (SSSR count). The van der Waals surface area contributed by atoms with E-state index in [9.17, 15) is 14.4 Å². The third kappa shape index (κ3) is 4.11. The topological polar surface area (TPSA) is 93.2 Å². The second-order valence-electron chi connectivity index (χ2n) is 6.47. The number of hydrogen-bond donors (Lipinski definition) is 2. The molecule has 0 atom stereocenters. The maximum absolute atomic E-state index is 12.5. The summed E-state index contributed by atoms with van der Waals surface area (Å²) >= 11 is 6.08. The van der Waals surface area contributed by atoms with Crippen LogP contribution in [0.25, 0.3) is 10.9 Å². The largest absolute Gasteiger partial charge is 0.456 e. The zero-order chi connectivity index (χ0) is 21.1. The van der Waals surface area contributed by atoms with Crippen LogP contribution < -0.4 is 21.3 Å². The molecule has 2 N–H and O–H groups in total. The summed E-state index contributed by atoms with van der Waals surface area (Å²) in [6, 6.07) is 20.5. The van der Waals surface area contributed by atoms with Gasteiger partial charge in [0.1, 0.15) is 18.0 Å². The van der Waals surface area contributed by atoms with E-state index in [1.807, 2.05) is 12.1 Å². The van der Waals surface area contributed by atoms with E-state index >= 15 is 0 Å². The van der Waals surface area contributed by atoms with Gasteiger partial charge in [-0.1, -0.05) is 35.9 Å². The van der Waals surface area contributed by atoms with Crippen molar-refractivity contribution < 1.29 is 9.53 Å². The minimum absolute atomic E-state index is 0.242. The third-order valence-electron chi connectivity index (χ3n) is 4.41. The Balaban J connectivity index is 1.49. The van der Waals surface area contributed by atoms with Crippen molar-refractivity contribution in [2.45, 2.75) is 6.54 Å². The van der Waals surface area contributed by atoms with Crippen molar-refractivity contribution in [1.82, 2.24) is 9.55 Å². The number of anilines is 1. The van der Waals surface area contributed by atoms with Gasteiger partial charge in [-0.15, -0.1) is 0 Å². The molecule has 1 aromatic heterocycles. The van der Waals surface area contributed by atoms with Crippen LogP contribution in [-0.4, -0.2) is 15.5 Å². The lowest BCUT2D eigenvalue weighted by atomic mass is 10.2. The summed E-state index contributed by atoms with van der Waals surface area (Å²) in [5.41, 5.74) is -0.197. The fourth-order valence-electron chi connectivity index (χ4n) is 3.00. The predicted molar refractivity (Wildman–Crippen MR) is 115 cm³/mol. The quantitative estimate of drug-likeness (QED) is 0.513. The first-order chi connectivity index (χ1) is 14.5. The summed E-state index contributed by atoms with van der Waals surface area (Å²) in [4.78, 5) is 38.8. The molecular formula is C22H16ClN3O4. The molecular weight excluding hydrogens is 406 g/mol. The Morgan fingerprint density at radius 2 is 1.67 bits per heavy atom. The number of carbonyl (C=O) groups excluding carboxylic acids is 1.